The maximum atomic E-state index is 12.0. The van der Waals surface area contributed by atoms with Gasteiger partial charge in [0.1, 0.15) is 6.61 Å². The van der Waals surface area contributed by atoms with Gasteiger partial charge >= 0.3 is 6.01 Å². The summed E-state index contributed by atoms with van der Waals surface area (Å²) in [5, 5.41) is 17.5. The Morgan fingerprint density at radius 2 is 1.91 bits per heavy atom. The smallest absolute Gasteiger partial charge is 0.320 e. The van der Waals surface area contributed by atoms with Crippen LogP contribution in [0.25, 0.3) is 10.8 Å². The van der Waals surface area contributed by atoms with Crippen molar-refractivity contribution in [1.82, 2.24) is 20.2 Å². The van der Waals surface area contributed by atoms with Gasteiger partial charge in [-0.2, -0.15) is 9.97 Å². The second kappa shape index (κ2) is 16.0. The van der Waals surface area contributed by atoms with E-state index in [9.17, 15) is 9.90 Å². The molecule has 1 saturated heterocycles. The number of fused-ring (bicyclic) bond motifs is 1. The molecule has 0 aliphatic carbocycles. The van der Waals surface area contributed by atoms with Crippen LogP contribution in [0.3, 0.4) is 0 Å². The number of ether oxygens (including phenoxy) is 1. The Hall–Kier alpha value is -4.08. The van der Waals surface area contributed by atoms with Crippen LogP contribution in [-0.2, 0) is 4.79 Å². The van der Waals surface area contributed by atoms with E-state index in [2.05, 4.69) is 42.9 Å². The van der Waals surface area contributed by atoms with Gasteiger partial charge in [0.05, 0.1) is 6.04 Å². The molecule has 0 bridgehead atoms. The van der Waals surface area contributed by atoms with Gasteiger partial charge in [0.2, 0.25) is 11.7 Å². The van der Waals surface area contributed by atoms with Gasteiger partial charge < -0.3 is 29.9 Å². The monoisotopic (exact) mass is 646 g/mol. The third kappa shape index (κ3) is 8.00. The maximum Gasteiger partial charge on any atom is 0.320 e. The number of nitrogens with zero attached hydrogens (tertiary/aromatic N) is 5. The van der Waals surface area contributed by atoms with Crippen LogP contribution in [0.15, 0.2) is 72.4 Å². The molecule has 0 spiro atoms. The van der Waals surface area contributed by atoms with Gasteiger partial charge in [-0.3, -0.25) is 4.79 Å². The highest BCUT2D eigenvalue weighted by Crippen LogP contribution is 2.43. The van der Waals surface area contributed by atoms with Crippen LogP contribution in [0, 0.1) is 0 Å². The zero-order chi connectivity index (χ0) is 33.4. The lowest BCUT2D eigenvalue weighted by Gasteiger charge is -2.33. The average molecular weight is 647 g/mol. The summed E-state index contributed by atoms with van der Waals surface area (Å²) in [4.78, 5) is 27.7. The van der Waals surface area contributed by atoms with E-state index in [1.165, 1.54) is 6.08 Å². The van der Waals surface area contributed by atoms with Crippen molar-refractivity contribution in [2.75, 3.05) is 56.7 Å². The van der Waals surface area contributed by atoms with E-state index in [0.717, 1.165) is 46.9 Å². The Labute approximate surface area is 278 Å². The normalized spacial score (nSPS) is 16.4. The molecule has 1 amide bonds. The zero-order valence-electron chi connectivity index (χ0n) is 27.9. The number of rotatable bonds is 14. The number of hydrogen-bond acceptors (Lipinski definition) is 8. The largest absolute Gasteiger partial charge is 0.502 e. The van der Waals surface area contributed by atoms with Crippen molar-refractivity contribution in [2.45, 2.75) is 52.6 Å². The van der Waals surface area contributed by atoms with Crippen LogP contribution in [0.4, 0.5) is 11.6 Å². The molecule has 0 radical (unpaired) electrons. The fourth-order valence-corrected chi connectivity index (χ4v) is 6.22. The number of nitrogens with one attached hydrogen (secondary N) is 1. The molecule has 1 aliphatic heterocycles. The van der Waals surface area contributed by atoms with Gasteiger partial charge in [0.25, 0.3) is 0 Å². The van der Waals surface area contributed by atoms with Crippen molar-refractivity contribution in [3.63, 3.8) is 0 Å². The molecular weight excluding hydrogens is 600 g/mol. The summed E-state index contributed by atoms with van der Waals surface area (Å²) in [7, 11) is 4.02. The second-order valence-electron chi connectivity index (χ2n) is 11.9. The lowest BCUT2D eigenvalue weighted by Crippen LogP contribution is -2.36. The maximum absolute atomic E-state index is 12.0. The SMILES string of the molecule is C=CC(=O)NCCN(C/C(C)=C\C)c1nc(OC[C@@H]2CCCN2C)nc(N(C)C(/C(C)=C\C)c2cccc3cccc(Cl)c23)c1O. The number of carbonyl (C=O) groups is 1. The summed E-state index contributed by atoms with van der Waals surface area (Å²) in [6, 6.07) is 12.2. The molecule has 1 fully saturated rings. The topological polar surface area (TPSA) is 94.1 Å². The third-order valence-electron chi connectivity index (χ3n) is 8.79. The van der Waals surface area contributed by atoms with Gasteiger partial charge in [-0.15, -0.1) is 0 Å². The van der Waals surface area contributed by atoms with E-state index in [1.54, 1.807) is 0 Å². The van der Waals surface area contributed by atoms with Crippen LogP contribution in [0.5, 0.6) is 11.8 Å². The van der Waals surface area contributed by atoms with Crippen molar-refractivity contribution >= 4 is 39.9 Å². The molecule has 3 aromatic rings. The molecule has 10 heteroatoms. The first-order valence-corrected chi connectivity index (χ1v) is 16.2. The van der Waals surface area contributed by atoms with E-state index >= 15 is 0 Å². The predicted octanol–water partition coefficient (Wildman–Crippen LogP) is 6.68. The molecule has 2 heterocycles. The fraction of sp³-hybridized carbons (Fsp3) is 0.417. The minimum Gasteiger partial charge on any atom is -0.502 e. The number of aromatic hydroxyl groups is 1. The summed E-state index contributed by atoms with van der Waals surface area (Å²) < 4.78 is 6.29. The van der Waals surface area contributed by atoms with Gasteiger partial charge in [-0.1, -0.05) is 71.8 Å². The van der Waals surface area contributed by atoms with Crippen LogP contribution < -0.4 is 19.9 Å². The second-order valence-corrected chi connectivity index (χ2v) is 12.3. The highest BCUT2D eigenvalue weighted by molar-refractivity contribution is 6.35. The summed E-state index contributed by atoms with van der Waals surface area (Å²) in [6.07, 6.45) is 7.47. The molecule has 2 atom stereocenters. The van der Waals surface area contributed by atoms with Crippen molar-refractivity contribution in [3.8, 4) is 11.8 Å². The highest BCUT2D eigenvalue weighted by atomic mass is 35.5. The Balaban J connectivity index is 1.85. The molecule has 0 saturated carbocycles. The molecule has 1 aliphatic rings. The predicted molar refractivity (Wildman–Crippen MR) is 189 cm³/mol. The Morgan fingerprint density at radius 3 is 2.57 bits per heavy atom. The van der Waals surface area contributed by atoms with Crippen LogP contribution >= 0.6 is 11.6 Å². The molecular formula is C36H47ClN6O3. The van der Waals surface area contributed by atoms with E-state index < -0.39 is 0 Å². The van der Waals surface area contributed by atoms with E-state index in [4.69, 9.17) is 26.3 Å². The van der Waals surface area contributed by atoms with E-state index in [1.807, 2.05) is 74.0 Å². The number of hydrogen-bond donors (Lipinski definition) is 2. The number of benzene rings is 2. The minimum atomic E-state index is -0.311. The first kappa shape index (κ1) is 34.8. The number of amides is 1. The summed E-state index contributed by atoms with van der Waals surface area (Å²) in [6.45, 7) is 14.3. The number of aromatic nitrogens is 2. The van der Waals surface area contributed by atoms with Crippen LogP contribution in [0.2, 0.25) is 5.02 Å². The molecule has 1 unspecified atom stereocenters. The number of halogens is 1. The lowest BCUT2D eigenvalue weighted by atomic mass is 9.93. The van der Waals surface area contributed by atoms with E-state index in [-0.39, 0.29) is 29.8 Å². The highest BCUT2D eigenvalue weighted by Gasteiger charge is 2.30. The molecule has 4 rings (SSSR count). The quantitative estimate of drug-likeness (QED) is 0.148. The number of allylic oxidation sites excluding steroid dienone is 2. The fourth-order valence-electron chi connectivity index (χ4n) is 5.93. The van der Waals surface area contributed by atoms with Crippen molar-refractivity contribution < 1.29 is 14.6 Å². The molecule has 2 N–H and O–H groups in total. The Morgan fingerprint density at radius 1 is 1.20 bits per heavy atom. The number of anilines is 2. The first-order chi connectivity index (χ1) is 22.1. The first-order valence-electron chi connectivity index (χ1n) is 15.8. The van der Waals surface area contributed by atoms with Crippen molar-refractivity contribution in [3.05, 3.63) is 82.9 Å². The van der Waals surface area contributed by atoms with Gasteiger partial charge in [-0.05, 0) is 77.2 Å². The van der Waals surface area contributed by atoms with Crippen molar-refractivity contribution in [2.24, 2.45) is 0 Å². The molecule has 9 nitrogen and oxygen atoms in total. The molecule has 246 valence electrons. The molecule has 46 heavy (non-hydrogen) atoms. The summed E-state index contributed by atoms with van der Waals surface area (Å²) in [5.74, 6) is 0.312. The number of likely N-dealkylation sites (N-methyl/N-ethyl adjacent to an activating group) is 2. The molecule has 2 aromatic carbocycles. The Kier molecular flexibility index (Phi) is 12.1. The summed E-state index contributed by atoms with van der Waals surface area (Å²) >= 11 is 6.80. The van der Waals surface area contributed by atoms with E-state index in [0.29, 0.717) is 42.9 Å². The summed E-state index contributed by atoms with van der Waals surface area (Å²) in [5.41, 5.74) is 3.12. The third-order valence-corrected chi connectivity index (χ3v) is 9.11. The van der Waals surface area contributed by atoms with Gasteiger partial charge in [-0.25, -0.2) is 0 Å². The van der Waals surface area contributed by atoms with Gasteiger partial charge in [0, 0.05) is 43.1 Å². The standard InChI is InChI=1S/C36H47ClN6O3/c1-8-24(4)22-43(21-19-38-30(44)10-3)35-33(45)34(39-36(40-35)46-23-27-16-13-20-41(27)6)42(7)32(25(5)9-2)28-17-11-14-26-15-12-18-29(37)31(26)28/h8-12,14-15,17-18,27,32,45H,3,13,16,19-23H2,1-2,4-7H3,(H,38,44)/b24-8-,25-9-/t27-,32?/m0/s1. The zero-order valence-corrected chi connectivity index (χ0v) is 28.6. The van der Waals surface area contributed by atoms with Crippen LogP contribution in [0.1, 0.15) is 52.1 Å². The minimum absolute atomic E-state index is 0.0768. The van der Waals surface area contributed by atoms with Crippen LogP contribution in [-0.4, -0.2) is 78.8 Å². The van der Waals surface area contributed by atoms with Crippen molar-refractivity contribution in [1.29, 1.82) is 0 Å². The number of likely N-dealkylation sites (tertiary alicyclic amines) is 1. The molecule has 1 aromatic heterocycles. The van der Waals surface area contributed by atoms with Gasteiger partial charge in [0.15, 0.2) is 11.6 Å². The number of carbonyl (C=O) groups excluding carboxylic acids is 1. The Bertz CT molecular complexity index is 1600. The average Bonchev–Trinajstić information content (AvgIpc) is 3.47. The lowest BCUT2D eigenvalue weighted by molar-refractivity contribution is -0.116.